The summed E-state index contributed by atoms with van der Waals surface area (Å²) in [4.78, 5) is 10.3. The number of rotatable bonds is 2. The molecule has 0 rings (SSSR count). The van der Waals surface area contributed by atoms with Gasteiger partial charge in [-0.3, -0.25) is 0 Å². The van der Waals surface area contributed by atoms with Gasteiger partial charge in [0.25, 0.3) is 0 Å². The van der Waals surface area contributed by atoms with E-state index in [2.05, 4.69) is 4.74 Å². The Labute approximate surface area is 45.0 Å². The van der Waals surface area contributed by atoms with E-state index in [4.69, 9.17) is 0 Å². The van der Waals surface area contributed by atoms with Crippen molar-refractivity contribution < 1.29 is 9.53 Å². The van der Waals surface area contributed by atoms with Crippen molar-refractivity contribution in [3.05, 3.63) is 0 Å². The molecule has 0 unspecified atom stereocenters. The molecule has 0 amide bonds. The zero-order valence-corrected chi connectivity index (χ0v) is 6.14. The molecule has 0 heterocycles. The summed E-state index contributed by atoms with van der Waals surface area (Å²) in [6, 6.07) is 0. The van der Waals surface area contributed by atoms with E-state index >= 15 is 0 Å². The predicted octanol–water partition coefficient (Wildman–Crippen LogP) is 0.916. The first-order valence-corrected chi connectivity index (χ1v) is 4.59. The third-order valence-electron chi connectivity index (χ3n) is 0.594. The molecular weight excluding hydrogens is 111 g/mol. The number of hydrogen-bond donors (Lipinski definition) is 0. The van der Waals surface area contributed by atoms with E-state index in [0.717, 1.165) is 0 Å². The van der Waals surface area contributed by atoms with Gasteiger partial charge in [-0.2, -0.15) is 0 Å². The second-order valence-corrected chi connectivity index (χ2v) is 2.44. The summed E-state index contributed by atoms with van der Waals surface area (Å²) in [7, 11) is -0.534. The molecule has 0 aromatic carbocycles. The van der Waals surface area contributed by atoms with Crippen LogP contribution in [-0.4, -0.2) is 19.0 Å². The molecule has 0 fully saturated rings. The summed E-state index contributed by atoms with van der Waals surface area (Å²) in [6.45, 7) is 4.26. The summed E-state index contributed by atoms with van der Waals surface area (Å²) in [5.74, 6) is 0. The summed E-state index contributed by atoms with van der Waals surface area (Å²) in [6.07, 6.45) is 0. The molecule has 0 saturated heterocycles. The summed E-state index contributed by atoms with van der Waals surface area (Å²) in [5.41, 5.74) is 0.0162. The number of hydrogen-bond acceptors (Lipinski definition) is 2. The van der Waals surface area contributed by atoms with Gasteiger partial charge in [0.05, 0.1) is 0 Å². The third kappa shape index (κ3) is 3.74. The molecule has 0 atom stereocenters. The Morgan fingerprint density at radius 2 is 2.43 bits per heavy atom. The van der Waals surface area contributed by atoms with Crippen LogP contribution in [0.2, 0.25) is 0 Å². The topological polar surface area (TPSA) is 26.3 Å². The molecule has 44 valence electrons. The summed E-state index contributed by atoms with van der Waals surface area (Å²) < 4.78 is 4.61. The predicted molar refractivity (Wildman–Crippen MR) is 34.1 cm³/mol. The van der Waals surface area contributed by atoms with Crippen molar-refractivity contribution in [3.8, 4) is 0 Å². The monoisotopic (exact) mass is 122 g/mol. The number of ether oxygens (including phenoxy) is 1. The Balaban J connectivity index is 3.00. The molecule has 0 saturated carbocycles. The molecule has 0 bridgehead atoms. The SMILES string of the molecule is CCOC(=O)[PH3]C. The second kappa shape index (κ2) is 4.07. The molecule has 0 aromatic heterocycles. The quantitative estimate of drug-likeness (QED) is 0.509. The average molecular weight is 122 g/mol. The Morgan fingerprint density at radius 1 is 1.86 bits per heavy atom. The third-order valence-corrected chi connectivity index (χ3v) is 1.38. The van der Waals surface area contributed by atoms with Crippen molar-refractivity contribution in [2.24, 2.45) is 0 Å². The molecule has 3 heteroatoms. The van der Waals surface area contributed by atoms with Crippen molar-refractivity contribution in [1.29, 1.82) is 0 Å². The Kier molecular flexibility index (Phi) is 4.01. The molecule has 0 radical (unpaired) electrons. The van der Waals surface area contributed by atoms with Gasteiger partial charge in [0, 0.05) is 0 Å². The average Bonchev–Trinajstić information content (AvgIpc) is 1.68. The zero-order chi connectivity index (χ0) is 5.70. The minimum atomic E-state index is -0.534. The van der Waals surface area contributed by atoms with E-state index in [0.29, 0.717) is 6.61 Å². The minimum absolute atomic E-state index is 0.0162. The van der Waals surface area contributed by atoms with Crippen LogP contribution in [0.1, 0.15) is 6.92 Å². The molecule has 0 aromatic rings. The van der Waals surface area contributed by atoms with Gasteiger partial charge in [-0.15, -0.1) is 0 Å². The Bertz CT molecular complexity index is 62.7. The molecule has 0 aliphatic carbocycles. The Morgan fingerprint density at radius 3 is 2.57 bits per heavy atom. The number of carbonyl (C=O) groups is 1. The van der Waals surface area contributed by atoms with Crippen LogP contribution in [0.15, 0.2) is 0 Å². The van der Waals surface area contributed by atoms with E-state index in [9.17, 15) is 4.79 Å². The fourth-order valence-electron chi connectivity index (χ4n) is 0.263. The van der Waals surface area contributed by atoms with E-state index in [1.54, 1.807) is 0 Å². The van der Waals surface area contributed by atoms with Crippen molar-refractivity contribution in [2.45, 2.75) is 6.92 Å². The molecule has 2 nitrogen and oxygen atoms in total. The maximum atomic E-state index is 10.3. The van der Waals surface area contributed by atoms with Crippen molar-refractivity contribution >= 4 is 14.3 Å². The molecule has 0 spiro atoms. The van der Waals surface area contributed by atoms with E-state index in [1.165, 1.54) is 0 Å². The molecule has 0 aliphatic rings. The van der Waals surface area contributed by atoms with E-state index in [1.807, 2.05) is 13.6 Å². The van der Waals surface area contributed by atoms with Gasteiger partial charge < -0.3 is 0 Å². The van der Waals surface area contributed by atoms with Gasteiger partial charge >= 0.3 is 44.0 Å². The first-order chi connectivity index (χ1) is 3.31. The molecular formula is C4H11O2P. The van der Waals surface area contributed by atoms with Crippen LogP contribution in [0.3, 0.4) is 0 Å². The van der Waals surface area contributed by atoms with Crippen molar-refractivity contribution in [1.82, 2.24) is 0 Å². The van der Waals surface area contributed by atoms with Gasteiger partial charge in [0.2, 0.25) is 0 Å². The first kappa shape index (κ1) is 6.90. The summed E-state index contributed by atoms with van der Waals surface area (Å²) >= 11 is 0. The molecule has 7 heavy (non-hydrogen) atoms. The number of carbonyl (C=O) groups excluding carboxylic acids is 1. The van der Waals surface area contributed by atoms with Crippen LogP contribution in [0.5, 0.6) is 0 Å². The molecule has 0 aliphatic heterocycles. The molecule has 0 N–H and O–H groups in total. The van der Waals surface area contributed by atoms with Crippen LogP contribution in [0, 0.1) is 0 Å². The van der Waals surface area contributed by atoms with Crippen LogP contribution < -0.4 is 0 Å². The van der Waals surface area contributed by atoms with E-state index in [-0.39, 0.29) is 5.71 Å². The van der Waals surface area contributed by atoms with Gasteiger partial charge in [-0.05, 0) is 0 Å². The van der Waals surface area contributed by atoms with Crippen molar-refractivity contribution in [3.63, 3.8) is 0 Å². The Hall–Kier alpha value is -0.100. The maximum absolute atomic E-state index is 10.3. The van der Waals surface area contributed by atoms with Crippen molar-refractivity contribution in [2.75, 3.05) is 13.3 Å². The van der Waals surface area contributed by atoms with Gasteiger partial charge in [-0.25, -0.2) is 0 Å². The van der Waals surface area contributed by atoms with Gasteiger partial charge in [0.15, 0.2) is 0 Å². The fraction of sp³-hybridized carbons (Fsp3) is 0.750. The first-order valence-electron chi connectivity index (χ1n) is 2.46. The van der Waals surface area contributed by atoms with Crippen LogP contribution >= 0.6 is 8.58 Å². The standard InChI is InChI=1S/C4H11O2P/c1-3-6-4(5)7-2/h3H2,1-2,7H3. The van der Waals surface area contributed by atoms with E-state index < -0.39 is 8.58 Å². The van der Waals surface area contributed by atoms with Crippen LogP contribution in [-0.2, 0) is 4.74 Å². The van der Waals surface area contributed by atoms with Gasteiger partial charge in [-0.1, -0.05) is 0 Å². The van der Waals surface area contributed by atoms with Gasteiger partial charge in [0.1, 0.15) is 0 Å². The summed E-state index contributed by atoms with van der Waals surface area (Å²) in [5, 5.41) is 0. The van der Waals surface area contributed by atoms with Crippen LogP contribution in [0.25, 0.3) is 0 Å². The van der Waals surface area contributed by atoms with Crippen LogP contribution in [0.4, 0.5) is 4.79 Å². The zero-order valence-electron chi connectivity index (χ0n) is 4.73. The fourth-order valence-corrected chi connectivity index (χ4v) is 0.671. The normalized spacial score (nSPS) is 8.86. The second-order valence-electron chi connectivity index (χ2n) is 1.16.